The first-order chi connectivity index (χ1) is 13.3. The molecule has 136 valence electrons. The zero-order valence-corrected chi connectivity index (χ0v) is 15.7. The number of hydrogen-bond donors (Lipinski definition) is 2. The van der Waals surface area contributed by atoms with Crippen LogP contribution in [0.4, 0.5) is 5.69 Å². The topological polar surface area (TPSA) is 27.3 Å². The van der Waals surface area contributed by atoms with Gasteiger partial charge in [0.1, 0.15) is 0 Å². The van der Waals surface area contributed by atoms with E-state index in [9.17, 15) is 0 Å². The molecular formula is C23H22ClN3. The summed E-state index contributed by atoms with van der Waals surface area (Å²) in [6, 6.07) is 28.3. The first-order valence-corrected chi connectivity index (χ1v) is 9.82. The minimum absolute atomic E-state index is 0.303. The summed E-state index contributed by atoms with van der Waals surface area (Å²) in [4.78, 5) is 2.50. The second-order valence-corrected chi connectivity index (χ2v) is 7.82. The fourth-order valence-corrected chi connectivity index (χ4v) is 4.57. The summed E-state index contributed by atoms with van der Waals surface area (Å²) in [7, 11) is 0. The Labute approximate surface area is 164 Å². The molecule has 1 saturated heterocycles. The van der Waals surface area contributed by atoms with E-state index in [-0.39, 0.29) is 0 Å². The van der Waals surface area contributed by atoms with Crippen LogP contribution in [0.25, 0.3) is 0 Å². The molecule has 0 bridgehead atoms. The Morgan fingerprint density at radius 2 is 1.52 bits per heavy atom. The highest BCUT2D eigenvalue weighted by Gasteiger charge is 2.42. The Bertz CT molecular complexity index is 926. The van der Waals surface area contributed by atoms with Crippen molar-refractivity contribution in [3.8, 4) is 0 Å². The van der Waals surface area contributed by atoms with Gasteiger partial charge in [0.2, 0.25) is 0 Å². The molecule has 5 rings (SSSR count). The molecule has 0 saturated carbocycles. The molecule has 2 aliphatic rings. The van der Waals surface area contributed by atoms with Crippen molar-refractivity contribution >= 4 is 17.3 Å². The molecule has 0 radical (unpaired) electrons. The van der Waals surface area contributed by atoms with E-state index in [0.29, 0.717) is 18.0 Å². The number of anilines is 1. The minimum atomic E-state index is 0.303. The van der Waals surface area contributed by atoms with Crippen LogP contribution in [-0.4, -0.2) is 6.54 Å². The van der Waals surface area contributed by atoms with Gasteiger partial charge >= 0.3 is 0 Å². The molecule has 4 heteroatoms. The quantitative estimate of drug-likeness (QED) is 0.684. The van der Waals surface area contributed by atoms with Crippen molar-refractivity contribution in [3.63, 3.8) is 0 Å². The Morgan fingerprint density at radius 3 is 2.33 bits per heavy atom. The lowest BCUT2D eigenvalue weighted by Crippen LogP contribution is -2.39. The summed E-state index contributed by atoms with van der Waals surface area (Å²) in [6.45, 7) is 1.89. The Balaban J connectivity index is 1.49. The molecule has 3 nitrogen and oxygen atoms in total. The number of nitrogens with one attached hydrogen (secondary N) is 2. The van der Waals surface area contributed by atoms with Crippen LogP contribution in [0.15, 0.2) is 78.9 Å². The van der Waals surface area contributed by atoms with Gasteiger partial charge < -0.3 is 4.90 Å². The van der Waals surface area contributed by atoms with E-state index in [2.05, 4.69) is 82.5 Å². The van der Waals surface area contributed by atoms with Crippen molar-refractivity contribution < 1.29 is 0 Å². The number of halogens is 1. The van der Waals surface area contributed by atoms with Crippen LogP contribution in [0.5, 0.6) is 0 Å². The molecule has 2 N–H and O–H groups in total. The van der Waals surface area contributed by atoms with Gasteiger partial charge in [0, 0.05) is 29.7 Å². The lowest BCUT2D eigenvalue weighted by Gasteiger charge is -2.39. The van der Waals surface area contributed by atoms with Gasteiger partial charge in [0.25, 0.3) is 0 Å². The number of rotatable bonds is 3. The molecular weight excluding hydrogens is 354 g/mol. The predicted molar refractivity (Wildman–Crippen MR) is 111 cm³/mol. The van der Waals surface area contributed by atoms with E-state index in [0.717, 1.165) is 18.1 Å². The lowest BCUT2D eigenvalue weighted by atomic mass is 9.82. The van der Waals surface area contributed by atoms with Crippen molar-refractivity contribution in [2.75, 3.05) is 11.4 Å². The number of para-hydroxylation sites is 1. The van der Waals surface area contributed by atoms with E-state index in [1.165, 1.54) is 22.4 Å². The van der Waals surface area contributed by atoms with Crippen LogP contribution >= 0.6 is 11.6 Å². The van der Waals surface area contributed by atoms with Gasteiger partial charge in [-0.1, -0.05) is 72.3 Å². The molecule has 27 heavy (non-hydrogen) atoms. The molecule has 0 amide bonds. The van der Waals surface area contributed by atoms with Crippen LogP contribution in [-0.2, 0) is 6.54 Å². The molecule has 2 heterocycles. The highest BCUT2D eigenvalue weighted by Crippen LogP contribution is 2.45. The second kappa shape index (κ2) is 7.01. The van der Waals surface area contributed by atoms with E-state index in [1.807, 2.05) is 12.1 Å². The molecule has 2 aliphatic heterocycles. The van der Waals surface area contributed by atoms with Crippen molar-refractivity contribution in [1.82, 2.24) is 10.9 Å². The SMILES string of the molecule is Clc1ccc(CN2CC3C(c4ccccc4)NNC3c3ccccc32)cc1. The molecule has 3 aromatic rings. The van der Waals surface area contributed by atoms with Gasteiger partial charge in [0.15, 0.2) is 0 Å². The van der Waals surface area contributed by atoms with Crippen LogP contribution in [0.2, 0.25) is 5.02 Å². The van der Waals surface area contributed by atoms with Crippen molar-refractivity contribution in [1.29, 1.82) is 0 Å². The normalized spacial score (nSPS) is 23.7. The fraction of sp³-hybridized carbons (Fsp3) is 0.217. The fourth-order valence-electron chi connectivity index (χ4n) is 4.45. The lowest BCUT2D eigenvalue weighted by molar-refractivity contribution is 0.402. The summed E-state index contributed by atoms with van der Waals surface area (Å²) in [5, 5.41) is 0.784. The number of benzene rings is 3. The standard InChI is InChI=1S/C23H22ClN3/c24-18-12-10-16(11-13-18)14-27-15-20-22(17-6-2-1-3-7-17)25-26-23(20)19-8-4-5-9-21(19)27/h1-13,20,22-23,25-26H,14-15H2. The van der Waals surface area contributed by atoms with Crippen LogP contribution in [0, 0.1) is 5.92 Å². The summed E-state index contributed by atoms with van der Waals surface area (Å²) in [5.74, 6) is 0.467. The first kappa shape index (κ1) is 16.8. The van der Waals surface area contributed by atoms with Crippen molar-refractivity contribution in [3.05, 3.63) is 101 Å². The second-order valence-electron chi connectivity index (χ2n) is 7.38. The van der Waals surface area contributed by atoms with Gasteiger partial charge in [-0.2, -0.15) is 0 Å². The molecule has 0 aromatic heterocycles. The van der Waals surface area contributed by atoms with Crippen molar-refractivity contribution in [2.45, 2.75) is 18.6 Å². The van der Waals surface area contributed by atoms with Crippen LogP contribution in [0.1, 0.15) is 28.8 Å². The average Bonchev–Trinajstić information content (AvgIpc) is 3.14. The molecule has 3 aromatic carbocycles. The van der Waals surface area contributed by atoms with Gasteiger partial charge in [-0.15, -0.1) is 0 Å². The zero-order chi connectivity index (χ0) is 18.2. The largest absolute Gasteiger partial charge is 0.367 e. The third-order valence-electron chi connectivity index (χ3n) is 5.74. The highest BCUT2D eigenvalue weighted by atomic mass is 35.5. The maximum absolute atomic E-state index is 6.07. The number of nitrogens with zero attached hydrogens (tertiary/aromatic N) is 1. The summed E-state index contributed by atoms with van der Waals surface area (Å²) < 4.78 is 0. The van der Waals surface area contributed by atoms with Crippen LogP contribution in [0.3, 0.4) is 0 Å². The maximum Gasteiger partial charge on any atom is 0.0546 e. The number of hydrogen-bond acceptors (Lipinski definition) is 3. The Kier molecular flexibility index (Phi) is 4.36. The summed E-state index contributed by atoms with van der Waals surface area (Å²) >= 11 is 6.07. The molecule has 0 spiro atoms. The van der Waals surface area contributed by atoms with Crippen molar-refractivity contribution in [2.24, 2.45) is 5.92 Å². The van der Waals surface area contributed by atoms with E-state index >= 15 is 0 Å². The smallest absolute Gasteiger partial charge is 0.0546 e. The summed E-state index contributed by atoms with van der Waals surface area (Å²) in [6.07, 6.45) is 0. The van der Waals surface area contributed by atoms with Crippen LogP contribution < -0.4 is 15.8 Å². The molecule has 3 unspecified atom stereocenters. The molecule has 1 fully saturated rings. The van der Waals surface area contributed by atoms with E-state index in [1.54, 1.807) is 0 Å². The molecule has 3 atom stereocenters. The van der Waals surface area contributed by atoms with Gasteiger partial charge in [0.05, 0.1) is 12.1 Å². The highest BCUT2D eigenvalue weighted by molar-refractivity contribution is 6.30. The third kappa shape index (κ3) is 3.12. The maximum atomic E-state index is 6.07. The Morgan fingerprint density at radius 1 is 0.815 bits per heavy atom. The van der Waals surface area contributed by atoms with Gasteiger partial charge in [-0.05, 0) is 34.9 Å². The number of hydrazine groups is 1. The number of fused-ring (bicyclic) bond motifs is 3. The Hall–Kier alpha value is -2.33. The average molecular weight is 376 g/mol. The van der Waals surface area contributed by atoms with Gasteiger partial charge in [-0.25, -0.2) is 10.9 Å². The van der Waals surface area contributed by atoms with E-state index in [4.69, 9.17) is 11.6 Å². The van der Waals surface area contributed by atoms with E-state index < -0.39 is 0 Å². The first-order valence-electron chi connectivity index (χ1n) is 9.44. The predicted octanol–water partition coefficient (Wildman–Crippen LogP) is 4.87. The molecule has 0 aliphatic carbocycles. The monoisotopic (exact) mass is 375 g/mol. The van der Waals surface area contributed by atoms with Gasteiger partial charge in [-0.3, -0.25) is 0 Å². The third-order valence-corrected chi connectivity index (χ3v) is 5.99. The minimum Gasteiger partial charge on any atom is -0.367 e. The zero-order valence-electron chi connectivity index (χ0n) is 15.0. The summed E-state index contributed by atoms with van der Waals surface area (Å²) in [5.41, 5.74) is 12.4.